The lowest BCUT2D eigenvalue weighted by Gasteiger charge is -2.23. The number of rotatable bonds is 4. The van der Waals surface area contributed by atoms with Crippen LogP contribution in [0, 0.1) is 17.0 Å². The maximum atomic E-state index is 12.4. The summed E-state index contributed by atoms with van der Waals surface area (Å²) < 4.78 is 27.4. The van der Waals surface area contributed by atoms with Crippen molar-refractivity contribution in [2.45, 2.75) is 30.7 Å². The second-order valence-electron chi connectivity index (χ2n) is 5.02. The van der Waals surface area contributed by atoms with Crippen LogP contribution < -0.4 is 10.0 Å². The molecule has 2 rings (SSSR count). The highest BCUT2D eigenvalue weighted by molar-refractivity contribution is 7.89. The average Bonchev–Trinajstić information content (AvgIpc) is 2.41. The molecule has 0 amide bonds. The molecule has 1 heterocycles. The highest BCUT2D eigenvalue weighted by Gasteiger charge is 2.28. The van der Waals surface area contributed by atoms with Crippen LogP contribution in [0.15, 0.2) is 17.0 Å². The first kappa shape index (κ1) is 16.2. The van der Waals surface area contributed by atoms with Crippen LogP contribution in [0.3, 0.4) is 0 Å². The first-order chi connectivity index (χ1) is 9.81. The molecule has 1 aliphatic heterocycles. The van der Waals surface area contributed by atoms with E-state index in [9.17, 15) is 18.5 Å². The second kappa shape index (κ2) is 6.27. The van der Waals surface area contributed by atoms with Gasteiger partial charge in [-0.1, -0.05) is 11.6 Å². The van der Waals surface area contributed by atoms with Crippen molar-refractivity contribution in [1.29, 1.82) is 0 Å². The summed E-state index contributed by atoms with van der Waals surface area (Å²) in [7, 11) is -3.90. The second-order valence-corrected chi connectivity index (χ2v) is 7.08. The van der Waals surface area contributed by atoms with Gasteiger partial charge in [0.05, 0.1) is 4.92 Å². The molecule has 1 aliphatic rings. The van der Waals surface area contributed by atoms with E-state index in [4.69, 9.17) is 11.6 Å². The molecule has 0 saturated carbocycles. The summed E-state index contributed by atoms with van der Waals surface area (Å²) >= 11 is 5.90. The number of aryl methyl sites for hydroxylation is 1. The van der Waals surface area contributed by atoms with E-state index in [1.165, 1.54) is 12.1 Å². The van der Waals surface area contributed by atoms with Gasteiger partial charge in [0, 0.05) is 18.7 Å². The smallest absolute Gasteiger partial charge is 0.289 e. The fourth-order valence-electron chi connectivity index (χ4n) is 2.28. The van der Waals surface area contributed by atoms with Gasteiger partial charge in [0.1, 0.15) is 9.92 Å². The molecule has 1 atom stereocenters. The lowest BCUT2D eigenvalue weighted by atomic mass is 10.1. The monoisotopic (exact) mass is 333 g/mol. The normalized spacial score (nSPS) is 19.4. The molecule has 1 aromatic rings. The fourth-order valence-corrected chi connectivity index (χ4v) is 4.21. The van der Waals surface area contributed by atoms with E-state index in [-0.39, 0.29) is 16.0 Å². The van der Waals surface area contributed by atoms with Crippen LogP contribution in [-0.4, -0.2) is 32.5 Å². The fraction of sp³-hybridized carbons (Fsp3) is 0.500. The molecular weight excluding hydrogens is 318 g/mol. The Morgan fingerprint density at radius 1 is 1.48 bits per heavy atom. The van der Waals surface area contributed by atoms with Crippen LogP contribution in [0.2, 0.25) is 5.02 Å². The topological polar surface area (TPSA) is 101 Å². The maximum absolute atomic E-state index is 12.4. The quantitative estimate of drug-likeness (QED) is 0.643. The molecule has 1 fully saturated rings. The molecule has 1 aromatic carbocycles. The van der Waals surface area contributed by atoms with Crippen LogP contribution in [0.5, 0.6) is 0 Å². The summed E-state index contributed by atoms with van der Waals surface area (Å²) in [5, 5.41) is 13.7. The number of sulfonamides is 1. The SMILES string of the molecule is Cc1cc([N+](=O)[O-])c(Cl)c(S(=O)(=O)NC2CCCNC2)c1. The minimum absolute atomic E-state index is 0.237. The standard InChI is InChI=1S/C12H16ClN3O4S/c1-8-5-10(16(17)18)12(13)11(6-8)21(19,20)15-9-3-2-4-14-7-9/h5-6,9,14-15H,2-4,7H2,1H3. The number of nitro benzene ring substituents is 1. The van der Waals surface area contributed by atoms with Crippen molar-refractivity contribution in [2.75, 3.05) is 13.1 Å². The van der Waals surface area contributed by atoms with E-state index < -0.39 is 20.6 Å². The van der Waals surface area contributed by atoms with Gasteiger partial charge in [-0.2, -0.15) is 0 Å². The van der Waals surface area contributed by atoms with Gasteiger partial charge in [-0.3, -0.25) is 10.1 Å². The molecule has 1 saturated heterocycles. The van der Waals surface area contributed by atoms with Crippen molar-refractivity contribution in [3.63, 3.8) is 0 Å². The third-order valence-electron chi connectivity index (χ3n) is 3.27. The Balaban J connectivity index is 2.37. The van der Waals surface area contributed by atoms with E-state index in [2.05, 4.69) is 10.0 Å². The summed E-state index contributed by atoms with van der Waals surface area (Å²) in [5.41, 5.74) is 0.0621. The van der Waals surface area contributed by atoms with Gasteiger partial charge in [0.15, 0.2) is 0 Å². The third kappa shape index (κ3) is 3.70. The van der Waals surface area contributed by atoms with Gasteiger partial charge in [-0.25, -0.2) is 13.1 Å². The molecule has 2 N–H and O–H groups in total. The molecule has 9 heteroatoms. The predicted octanol–water partition coefficient (Wildman–Crippen LogP) is 1.59. The van der Waals surface area contributed by atoms with E-state index in [0.717, 1.165) is 19.4 Å². The molecule has 116 valence electrons. The van der Waals surface area contributed by atoms with Gasteiger partial charge < -0.3 is 5.32 Å². The molecule has 0 bridgehead atoms. The van der Waals surface area contributed by atoms with Crippen molar-refractivity contribution in [1.82, 2.24) is 10.0 Å². The Hall–Kier alpha value is -1.22. The van der Waals surface area contributed by atoms with E-state index in [0.29, 0.717) is 12.1 Å². The highest BCUT2D eigenvalue weighted by Crippen LogP contribution is 2.32. The van der Waals surface area contributed by atoms with Crippen LogP contribution in [0.4, 0.5) is 5.69 Å². The molecule has 0 radical (unpaired) electrons. The Morgan fingerprint density at radius 3 is 2.76 bits per heavy atom. The summed E-state index contributed by atoms with van der Waals surface area (Å²) in [6, 6.07) is 2.36. The molecule has 0 aromatic heterocycles. The average molecular weight is 334 g/mol. The number of piperidine rings is 1. The Morgan fingerprint density at radius 2 is 2.19 bits per heavy atom. The van der Waals surface area contributed by atoms with Crippen LogP contribution in [0.25, 0.3) is 0 Å². The van der Waals surface area contributed by atoms with Crippen LogP contribution in [0.1, 0.15) is 18.4 Å². The molecule has 21 heavy (non-hydrogen) atoms. The van der Waals surface area contributed by atoms with Gasteiger partial charge in [-0.05, 0) is 37.9 Å². The van der Waals surface area contributed by atoms with E-state index in [1.807, 2.05) is 0 Å². The van der Waals surface area contributed by atoms with Gasteiger partial charge in [0.2, 0.25) is 10.0 Å². The van der Waals surface area contributed by atoms with E-state index in [1.54, 1.807) is 6.92 Å². The Kier molecular flexibility index (Phi) is 4.82. The largest absolute Gasteiger partial charge is 0.315 e. The zero-order valence-corrected chi connectivity index (χ0v) is 13.0. The lowest BCUT2D eigenvalue weighted by molar-refractivity contribution is -0.385. The number of hydrogen-bond donors (Lipinski definition) is 2. The lowest BCUT2D eigenvalue weighted by Crippen LogP contribution is -2.45. The van der Waals surface area contributed by atoms with Crippen molar-refractivity contribution in [2.24, 2.45) is 0 Å². The van der Waals surface area contributed by atoms with Gasteiger partial charge >= 0.3 is 0 Å². The zero-order valence-electron chi connectivity index (χ0n) is 11.4. The Labute approximate surface area is 127 Å². The Bertz CT molecular complexity index is 657. The van der Waals surface area contributed by atoms with E-state index >= 15 is 0 Å². The van der Waals surface area contributed by atoms with Crippen molar-refractivity contribution >= 4 is 27.3 Å². The molecule has 1 unspecified atom stereocenters. The molecule has 7 nitrogen and oxygen atoms in total. The summed E-state index contributed by atoms with van der Waals surface area (Å²) in [6.45, 7) is 2.98. The minimum Gasteiger partial charge on any atom is -0.315 e. The number of nitrogens with one attached hydrogen (secondary N) is 2. The number of nitrogens with zero attached hydrogens (tertiary/aromatic N) is 1. The van der Waals surface area contributed by atoms with Gasteiger partial charge in [0.25, 0.3) is 5.69 Å². The number of hydrogen-bond acceptors (Lipinski definition) is 5. The molecule has 0 spiro atoms. The number of nitro groups is 1. The number of benzene rings is 1. The summed E-state index contributed by atoms with van der Waals surface area (Å²) in [4.78, 5) is 10.0. The van der Waals surface area contributed by atoms with Crippen molar-refractivity contribution in [3.8, 4) is 0 Å². The zero-order chi connectivity index (χ0) is 15.6. The minimum atomic E-state index is -3.90. The predicted molar refractivity (Wildman–Crippen MR) is 79.1 cm³/mol. The van der Waals surface area contributed by atoms with Gasteiger partial charge in [-0.15, -0.1) is 0 Å². The number of halogens is 1. The first-order valence-electron chi connectivity index (χ1n) is 6.49. The summed E-state index contributed by atoms with van der Waals surface area (Å²) in [5.74, 6) is 0. The maximum Gasteiger partial charge on any atom is 0.289 e. The third-order valence-corrected chi connectivity index (χ3v) is 5.32. The summed E-state index contributed by atoms with van der Waals surface area (Å²) in [6.07, 6.45) is 1.59. The first-order valence-corrected chi connectivity index (χ1v) is 8.35. The van der Waals surface area contributed by atoms with Crippen molar-refractivity contribution in [3.05, 3.63) is 32.8 Å². The highest BCUT2D eigenvalue weighted by atomic mass is 35.5. The molecule has 0 aliphatic carbocycles. The van der Waals surface area contributed by atoms with Crippen LogP contribution in [-0.2, 0) is 10.0 Å². The van der Waals surface area contributed by atoms with Crippen LogP contribution >= 0.6 is 11.6 Å². The molecular formula is C12H16ClN3O4S. The van der Waals surface area contributed by atoms with Crippen molar-refractivity contribution < 1.29 is 13.3 Å².